The van der Waals surface area contributed by atoms with E-state index in [0.29, 0.717) is 5.69 Å². The molecule has 0 aromatic carbocycles. The second-order valence-electron chi connectivity index (χ2n) is 1.48. The van der Waals surface area contributed by atoms with Crippen LogP contribution in [-0.2, 0) is 0 Å². The molecule has 5 nitrogen and oxygen atoms in total. The topological polar surface area (TPSA) is 76.8 Å². The Hall–Kier alpha value is -1.57. The van der Waals surface area contributed by atoms with Gasteiger partial charge in [0.2, 0.25) is 5.69 Å². The Morgan fingerprint density at radius 2 is 2.56 bits per heavy atom. The molecular weight excluding hydrogens is 122 g/mol. The summed E-state index contributed by atoms with van der Waals surface area (Å²) in [6, 6.07) is 1.64. The van der Waals surface area contributed by atoms with Crippen LogP contribution in [0.3, 0.4) is 0 Å². The highest BCUT2D eigenvalue weighted by molar-refractivity contribution is 5.16. The van der Waals surface area contributed by atoms with Gasteiger partial charge in [-0.05, 0) is 4.90 Å². The number of rotatable bonds is 0. The molecule has 0 saturated heterocycles. The van der Waals surface area contributed by atoms with Crippen molar-refractivity contribution >= 4 is 0 Å². The number of nitrogens with zero attached hydrogens (tertiary/aromatic N) is 3. The number of aryl methyl sites for hydroxylation is 1. The number of aromatic nitrogens is 2. The van der Waals surface area contributed by atoms with Crippen molar-refractivity contribution in [2.24, 2.45) is 0 Å². The summed E-state index contributed by atoms with van der Waals surface area (Å²) in [4.78, 5) is 0.0787. The molecule has 1 aromatic rings. The molecule has 1 heterocycles. The van der Waals surface area contributed by atoms with E-state index in [1.807, 2.05) is 0 Å². The van der Waals surface area contributed by atoms with E-state index in [4.69, 9.17) is 5.26 Å². The second-order valence-corrected chi connectivity index (χ2v) is 1.48. The molecule has 0 aliphatic carbocycles. The minimum absolute atomic E-state index is 0.0787. The van der Waals surface area contributed by atoms with E-state index in [1.165, 1.54) is 6.92 Å². The first-order valence-electron chi connectivity index (χ1n) is 2.22. The molecule has 9 heavy (non-hydrogen) atoms. The summed E-state index contributed by atoms with van der Waals surface area (Å²) in [7, 11) is 0. The molecule has 0 unspecified atom stereocenters. The first-order valence-corrected chi connectivity index (χ1v) is 2.22. The van der Waals surface area contributed by atoms with Crippen molar-refractivity contribution in [2.75, 3.05) is 0 Å². The smallest absolute Gasteiger partial charge is 0.297 e. The molecule has 0 amide bonds. The highest BCUT2D eigenvalue weighted by Gasteiger charge is 2.11. The maximum absolute atomic E-state index is 10.3. The molecule has 0 N–H and O–H groups in total. The lowest BCUT2D eigenvalue weighted by atomic mass is 10.4. The molecule has 0 atom stereocenters. The van der Waals surface area contributed by atoms with Crippen molar-refractivity contribution in [2.45, 2.75) is 6.92 Å². The average molecular weight is 125 g/mol. The zero-order chi connectivity index (χ0) is 6.85. The normalized spacial score (nSPS) is 8.89. The summed E-state index contributed by atoms with van der Waals surface area (Å²) in [5.41, 5.74) is 0.225. The van der Waals surface area contributed by atoms with Gasteiger partial charge in [-0.15, -0.1) is 0 Å². The Morgan fingerprint density at radius 1 is 1.89 bits per heavy atom. The summed E-state index contributed by atoms with van der Waals surface area (Å²) in [5, 5.41) is 21.8. The fourth-order valence-corrected chi connectivity index (χ4v) is 0.436. The monoisotopic (exact) mass is 125 g/mol. The van der Waals surface area contributed by atoms with Crippen LogP contribution in [-0.4, -0.2) is 5.16 Å². The maximum atomic E-state index is 10.3. The highest BCUT2D eigenvalue weighted by atomic mass is 16.8. The molecule has 1 rings (SSSR count). The van der Waals surface area contributed by atoms with Crippen LogP contribution in [0, 0.1) is 23.5 Å². The van der Waals surface area contributed by atoms with E-state index in [0.717, 1.165) is 0 Å². The Kier molecular flexibility index (Phi) is 1.08. The van der Waals surface area contributed by atoms with Gasteiger partial charge in [-0.3, -0.25) is 4.63 Å². The lowest BCUT2D eigenvalue weighted by Gasteiger charge is -1.79. The van der Waals surface area contributed by atoms with Crippen molar-refractivity contribution in [3.05, 3.63) is 16.6 Å². The zero-order valence-electron chi connectivity index (χ0n) is 4.66. The van der Waals surface area contributed by atoms with Gasteiger partial charge in [0, 0.05) is 12.1 Å². The van der Waals surface area contributed by atoms with Gasteiger partial charge in [-0.2, -0.15) is 5.26 Å². The van der Waals surface area contributed by atoms with Gasteiger partial charge >= 0.3 is 0 Å². The lowest BCUT2D eigenvalue weighted by Crippen LogP contribution is -2.26. The van der Waals surface area contributed by atoms with Crippen LogP contribution in [0.2, 0.25) is 0 Å². The average Bonchev–Trinajstić information content (AvgIpc) is 2.12. The Bertz CT molecular complexity index is 240. The summed E-state index contributed by atoms with van der Waals surface area (Å²) in [6.45, 7) is 1.52. The van der Waals surface area contributed by atoms with Crippen molar-refractivity contribution < 1.29 is 9.53 Å². The number of nitriles is 1. The Balaban J connectivity index is 3.27. The van der Waals surface area contributed by atoms with Crippen molar-refractivity contribution in [1.82, 2.24) is 5.16 Å². The molecule has 1 aromatic heterocycles. The SMILES string of the molecule is Cc1no[n+]([O-])c1C#N. The molecule has 5 heteroatoms. The van der Waals surface area contributed by atoms with Crippen molar-refractivity contribution in [3.63, 3.8) is 0 Å². The molecular formula is C4H3N3O2. The van der Waals surface area contributed by atoms with Gasteiger partial charge in [-0.1, -0.05) is 0 Å². The molecule has 46 valence electrons. The van der Waals surface area contributed by atoms with Crippen LogP contribution in [0.25, 0.3) is 0 Å². The van der Waals surface area contributed by atoms with Crippen LogP contribution in [0.1, 0.15) is 11.4 Å². The largest absolute Gasteiger partial charge is 0.358 e. The molecule has 0 radical (unpaired) electrons. The number of hydrogen-bond acceptors (Lipinski definition) is 4. The van der Waals surface area contributed by atoms with E-state index < -0.39 is 0 Å². The minimum atomic E-state index is -0.0880. The highest BCUT2D eigenvalue weighted by Crippen LogP contribution is 1.93. The molecule has 0 spiro atoms. The summed E-state index contributed by atoms with van der Waals surface area (Å²) >= 11 is 0. The Morgan fingerprint density at radius 3 is 2.78 bits per heavy atom. The summed E-state index contributed by atoms with van der Waals surface area (Å²) < 4.78 is 4.07. The third-order valence-corrected chi connectivity index (χ3v) is 0.883. The lowest BCUT2D eigenvalue weighted by molar-refractivity contribution is -0.804. The van der Waals surface area contributed by atoms with Crippen LogP contribution in [0.5, 0.6) is 0 Å². The molecule has 0 saturated carbocycles. The zero-order valence-corrected chi connectivity index (χ0v) is 4.66. The van der Waals surface area contributed by atoms with E-state index in [9.17, 15) is 5.21 Å². The molecule has 0 aliphatic rings. The van der Waals surface area contributed by atoms with E-state index in [2.05, 4.69) is 9.79 Å². The fraction of sp³-hybridized carbons (Fsp3) is 0.250. The molecule has 0 aliphatic heterocycles. The van der Waals surface area contributed by atoms with Gasteiger partial charge in [0.1, 0.15) is 0 Å². The van der Waals surface area contributed by atoms with Crippen LogP contribution < -0.4 is 4.90 Å². The first-order chi connectivity index (χ1) is 4.25. The van der Waals surface area contributed by atoms with Crippen LogP contribution in [0.15, 0.2) is 4.63 Å². The van der Waals surface area contributed by atoms with Gasteiger partial charge in [0.25, 0.3) is 5.69 Å². The molecule has 0 fully saturated rings. The summed E-state index contributed by atoms with van der Waals surface area (Å²) in [6.07, 6.45) is 0. The van der Waals surface area contributed by atoms with E-state index >= 15 is 0 Å². The van der Waals surface area contributed by atoms with Gasteiger partial charge in [0.05, 0.1) is 0 Å². The van der Waals surface area contributed by atoms with Gasteiger partial charge in [0.15, 0.2) is 6.07 Å². The van der Waals surface area contributed by atoms with E-state index in [1.54, 1.807) is 6.07 Å². The van der Waals surface area contributed by atoms with Crippen LogP contribution >= 0.6 is 0 Å². The summed E-state index contributed by atoms with van der Waals surface area (Å²) in [5.74, 6) is 0. The van der Waals surface area contributed by atoms with Crippen molar-refractivity contribution in [1.29, 1.82) is 5.26 Å². The third kappa shape index (κ3) is 0.700. The van der Waals surface area contributed by atoms with Crippen molar-refractivity contribution in [3.8, 4) is 6.07 Å². The Labute approximate surface area is 50.6 Å². The minimum Gasteiger partial charge on any atom is -0.358 e. The number of hydrogen-bond donors (Lipinski definition) is 0. The predicted molar refractivity (Wildman–Crippen MR) is 24.9 cm³/mol. The fourth-order valence-electron chi connectivity index (χ4n) is 0.436. The quantitative estimate of drug-likeness (QED) is 0.437. The standard InChI is InChI=1S/C4H3N3O2/c1-3-4(2-5)7(8)9-6-3/h1H3. The van der Waals surface area contributed by atoms with Gasteiger partial charge < -0.3 is 5.21 Å². The van der Waals surface area contributed by atoms with E-state index in [-0.39, 0.29) is 10.6 Å². The third-order valence-electron chi connectivity index (χ3n) is 0.883. The predicted octanol–water partition coefficient (Wildman–Crippen LogP) is -0.512. The first kappa shape index (κ1) is 5.56. The molecule has 0 bridgehead atoms. The maximum Gasteiger partial charge on any atom is 0.297 e. The second kappa shape index (κ2) is 1.74. The van der Waals surface area contributed by atoms with Crippen LogP contribution in [0.4, 0.5) is 0 Å². The van der Waals surface area contributed by atoms with Gasteiger partial charge in [-0.25, -0.2) is 0 Å².